The van der Waals surface area contributed by atoms with Gasteiger partial charge in [-0.2, -0.15) is 0 Å². The highest BCUT2D eigenvalue weighted by Gasteiger charge is 2.23. The molecular weight excluding hydrogens is 412 g/mol. The van der Waals surface area contributed by atoms with Gasteiger partial charge in [0.2, 0.25) is 0 Å². The number of hydrogen-bond donors (Lipinski definition) is 0. The number of hydrogen-bond acceptors (Lipinski definition) is 4. The maximum Gasteiger partial charge on any atom is 0.304 e. The lowest BCUT2D eigenvalue weighted by Crippen LogP contribution is -2.14. The van der Waals surface area contributed by atoms with Gasteiger partial charge in [-0.15, -0.1) is 0 Å². The minimum atomic E-state index is -0.853. The quantitative estimate of drug-likeness (QED) is 0.411. The van der Waals surface area contributed by atoms with Crippen molar-refractivity contribution in [1.82, 2.24) is 0 Å². The fourth-order valence-corrected chi connectivity index (χ4v) is 3.17. The van der Waals surface area contributed by atoms with Crippen LogP contribution in [0.25, 0.3) is 0 Å². The first kappa shape index (κ1) is 23.4. The third-order valence-corrected chi connectivity index (χ3v) is 4.62. The van der Waals surface area contributed by atoms with Gasteiger partial charge in [0.15, 0.2) is 12.2 Å². The molecule has 0 saturated heterocycles. The Balaban J connectivity index is 2.09. The first-order chi connectivity index (χ1) is 15.9. The minimum absolute atomic E-state index is 0.464. The number of ether oxygens (including phenoxy) is 2. The first-order valence-corrected chi connectivity index (χ1v) is 10.5. The Kier molecular flexibility index (Phi) is 8.06. The highest BCUT2D eigenvalue weighted by Crippen LogP contribution is 2.30. The number of benzene rings is 3. The lowest BCUT2D eigenvalue weighted by molar-refractivity contribution is -0.146. The van der Waals surface area contributed by atoms with Crippen molar-refractivity contribution in [3.63, 3.8) is 0 Å². The van der Waals surface area contributed by atoms with E-state index in [9.17, 15) is 9.59 Å². The summed E-state index contributed by atoms with van der Waals surface area (Å²) in [5.74, 6) is 11.3. The maximum atomic E-state index is 11.9. The summed E-state index contributed by atoms with van der Waals surface area (Å²) in [5.41, 5.74) is 3.79. The normalized spacial score (nSPS) is 11.6. The molecule has 0 bridgehead atoms. The molecule has 33 heavy (non-hydrogen) atoms. The fourth-order valence-electron chi connectivity index (χ4n) is 3.17. The van der Waals surface area contributed by atoms with Crippen LogP contribution in [0.1, 0.15) is 53.9 Å². The molecule has 0 aliphatic carbocycles. The molecule has 2 atom stereocenters. The number of carbonyl (C=O) groups excluding carboxylic acids is 2. The molecule has 0 aliphatic rings. The third kappa shape index (κ3) is 7.13. The van der Waals surface area contributed by atoms with E-state index < -0.39 is 24.1 Å². The Bertz CT molecular complexity index is 1240. The van der Waals surface area contributed by atoms with Crippen molar-refractivity contribution < 1.29 is 19.1 Å². The van der Waals surface area contributed by atoms with E-state index in [-0.39, 0.29) is 0 Å². The second-order valence-electron chi connectivity index (χ2n) is 7.38. The summed E-state index contributed by atoms with van der Waals surface area (Å²) in [5, 5.41) is 0. The highest BCUT2D eigenvalue weighted by molar-refractivity contribution is 5.68. The average Bonchev–Trinajstić information content (AvgIpc) is 2.80. The van der Waals surface area contributed by atoms with E-state index in [1.54, 1.807) is 0 Å². The van der Waals surface area contributed by atoms with Crippen LogP contribution in [0.3, 0.4) is 0 Å². The summed E-state index contributed by atoms with van der Waals surface area (Å²) in [4.78, 5) is 23.8. The van der Waals surface area contributed by atoms with Gasteiger partial charge in [-0.25, -0.2) is 0 Å². The second kappa shape index (κ2) is 11.4. The van der Waals surface area contributed by atoms with Gasteiger partial charge < -0.3 is 9.47 Å². The SMILES string of the molecule is CC(=O)OC(C#Cc1ccccc1)c1ccc(C)cc1C(C#Cc1ccccc1)OC(C)=O. The zero-order valence-electron chi connectivity index (χ0n) is 18.8. The molecule has 0 aliphatic heterocycles. The van der Waals surface area contributed by atoms with Crippen LogP contribution in [0.15, 0.2) is 78.9 Å². The standard InChI is InChI=1S/C29H24O4/c1-21-14-17-26(28(32-22(2)30)18-15-24-10-6-4-7-11-24)27(20-21)29(33-23(3)31)19-16-25-12-8-5-9-13-25/h4-14,17,20,28-29H,1-3H3. The van der Waals surface area contributed by atoms with Gasteiger partial charge in [-0.1, -0.05) is 72.0 Å². The van der Waals surface area contributed by atoms with Crippen molar-refractivity contribution in [2.75, 3.05) is 0 Å². The Labute approximate surface area is 194 Å². The van der Waals surface area contributed by atoms with E-state index in [0.717, 1.165) is 16.7 Å². The lowest BCUT2D eigenvalue weighted by Gasteiger charge is -2.20. The number of carbonyl (C=O) groups is 2. The maximum absolute atomic E-state index is 11.9. The molecule has 4 nitrogen and oxygen atoms in total. The van der Waals surface area contributed by atoms with Crippen LogP contribution in [0.4, 0.5) is 0 Å². The molecule has 0 spiro atoms. The van der Waals surface area contributed by atoms with Crippen molar-refractivity contribution in [1.29, 1.82) is 0 Å². The Hall–Kier alpha value is -4.28. The summed E-state index contributed by atoms with van der Waals surface area (Å²) in [6.45, 7) is 4.61. The van der Waals surface area contributed by atoms with Crippen molar-refractivity contribution in [2.24, 2.45) is 0 Å². The first-order valence-electron chi connectivity index (χ1n) is 10.5. The summed E-state index contributed by atoms with van der Waals surface area (Å²) < 4.78 is 11.1. The van der Waals surface area contributed by atoms with Crippen molar-refractivity contribution in [3.05, 3.63) is 107 Å². The van der Waals surface area contributed by atoms with Crippen LogP contribution in [0.2, 0.25) is 0 Å². The Morgan fingerprint density at radius 2 is 1.12 bits per heavy atom. The molecule has 0 fully saturated rings. The van der Waals surface area contributed by atoms with E-state index >= 15 is 0 Å². The molecule has 3 aromatic rings. The molecule has 3 rings (SSSR count). The fraction of sp³-hybridized carbons (Fsp3) is 0.172. The van der Waals surface area contributed by atoms with Gasteiger partial charge in [-0.05, 0) is 43.0 Å². The van der Waals surface area contributed by atoms with Crippen LogP contribution in [-0.2, 0) is 19.1 Å². The Morgan fingerprint density at radius 3 is 1.58 bits per heavy atom. The third-order valence-electron chi connectivity index (χ3n) is 4.62. The van der Waals surface area contributed by atoms with Crippen LogP contribution >= 0.6 is 0 Å². The van der Waals surface area contributed by atoms with Gasteiger partial charge in [0.1, 0.15) is 0 Å². The molecule has 2 unspecified atom stereocenters. The van der Waals surface area contributed by atoms with E-state index in [0.29, 0.717) is 11.1 Å². The molecule has 0 amide bonds. The molecule has 4 heteroatoms. The van der Waals surface area contributed by atoms with Crippen LogP contribution < -0.4 is 0 Å². The minimum Gasteiger partial charge on any atom is -0.444 e. The Morgan fingerprint density at radius 1 is 0.667 bits per heavy atom. The van der Waals surface area contributed by atoms with Crippen molar-refractivity contribution in [2.45, 2.75) is 33.0 Å². The largest absolute Gasteiger partial charge is 0.444 e. The van der Waals surface area contributed by atoms with Gasteiger partial charge >= 0.3 is 11.9 Å². The monoisotopic (exact) mass is 436 g/mol. The van der Waals surface area contributed by atoms with Gasteiger partial charge in [0, 0.05) is 36.1 Å². The highest BCUT2D eigenvalue weighted by atomic mass is 16.5. The molecule has 0 heterocycles. The van der Waals surface area contributed by atoms with E-state index in [2.05, 4.69) is 23.7 Å². The lowest BCUT2D eigenvalue weighted by atomic mass is 9.95. The molecule has 0 radical (unpaired) electrons. The molecule has 3 aromatic carbocycles. The molecule has 164 valence electrons. The average molecular weight is 437 g/mol. The van der Waals surface area contributed by atoms with Crippen LogP contribution in [0.5, 0.6) is 0 Å². The molecule has 0 N–H and O–H groups in total. The summed E-state index contributed by atoms with van der Waals surface area (Å²) in [7, 11) is 0. The summed E-state index contributed by atoms with van der Waals surface area (Å²) >= 11 is 0. The summed E-state index contributed by atoms with van der Waals surface area (Å²) in [6.07, 6.45) is -1.70. The topological polar surface area (TPSA) is 52.6 Å². The van der Waals surface area contributed by atoms with Crippen LogP contribution in [-0.4, -0.2) is 11.9 Å². The van der Waals surface area contributed by atoms with Gasteiger partial charge in [0.05, 0.1) is 0 Å². The zero-order valence-corrected chi connectivity index (χ0v) is 18.8. The van der Waals surface area contributed by atoms with E-state index in [1.165, 1.54) is 13.8 Å². The second-order valence-corrected chi connectivity index (χ2v) is 7.38. The van der Waals surface area contributed by atoms with Gasteiger partial charge in [0.25, 0.3) is 0 Å². The number of aryl methyl sites for hydroxylation is 1. The smallest absolute Gasteiger partial charge is 0.304 e. The number of rotatable bonds is 4. The number of esters is 2. The van der Waals surface area contributed by atoms with Crippen LogP contribution in [0, 0.1) is 30.6 Å². The predicted molar refractivity (Wildman–Crippen MR) is 127 cm³/mol. The molecule has 0 saturated carbocycles. The van der Waals surface area contributed by atoms with E-state index in [1.807, 2.05) is 85.8 Å². The zero-order chi connectivity index (χ0) is 23.6. The van der Waals surface area contributed by atoms with E-state index in [4.69, 9.17) is 9.47 Å². The van der Waals surface area contributed by atoms with Crippen molar-refractivity contribution in [3.8, 4) is 23.7 Å². The van der Waals surface area contributed by atoms with Crippen molar-refractivity contribution >= 4 is 11.9 Å². The predicted octanol–water partition coefficient (Wildman–Crippen LogP) is 5.31. The summed E-state index contributed by atoms with van der Waals surface area (Å²) in [6, 6.07) is 24.5. The molecular formula is C29H24O4. The van der Waals surface area contributed by atoms with Gasteiger partial charge in [-0.3, -0.25) is 9.59 Å². The molecule has 0 aromatic heterocycles.